The van der Waals surface area contributed by atoms with E-state index in [1.165, 1.54) is 38.0 Å². The molecule has 2 aliphatic rings. The lowest BCUT2D eigenvalue weighted by Crippen LogP contribution is -2.33. The van der Waals surface area contributed by atoms with Gasteiger partial charge in [-0.15, -0.1) is 0 Å². The molecule has 0 aromatic heterocycles. The average molecular weight is 232 g/mol. The highest BCUT2D eigenvalue weighted by Crippen LogP contribution is 2.29. The molecule has 92 valence electrons. The number of likely N-dealkylation sites (tertiary alicyclic amines) is 1. The number of nitrogen functional groups attached to an aromatic ring is 1. The van der Waals surface area contributed by atoms with Crippen LogP contribution in [0.4, 0.5) is 5.69 Å². The summed E-state index contributed by atoms with van der Waals surface area (Å²) in [6.45, 7) is 4.56. The number of hydrogen-bond acceptors (Lipinski definition) is 3. The van der Waals surface area contributed by atoms with Gasteiger partial charge in [-0.3, -0.25) is 0 Å². The summed E-state index contributed by atoms with van der Waals surface area (Å²) in [4.78, 5) is 2.57. The Morgan fingerprint density at radius 3 is 2.94 bits per heavy atom. The molecule has 3 heteroatoms. The molecule has 2 N–H and O–H groups in total. The molecule has 0 amide bonds. The fourth-order valence-corrected chi connectivity index (χ4v) is 2.90. The van der Waals surface area contributed by atoms with Crippen LogP contribution in [0.25, 0.3) is 0 Å². The van der Waals surface area contributed by atoms with Crippen molar-refractivity contribution in [3.8, 4) is 5.75 Å². The third kappa shape index (κ3) is 2.39. The first-order valence-electron chi connectivity index (χ1n) is 6.55. The zero-order valence-corrected chi connectivity index (χ0v) is 10.2. The van der Waals surface area contributed by atoms with Gasteiger partial charge < -0.3 is 15.4 Å². The van der Waals surface area contributed by atoms with E-state index >= 15 is 0 Å². The van der Waals surface area contributed by atoms with E-state index in [1.54, 1.807) is 0 Å². The minimum Gasteiger partial charge on any atom is -0.493 e. The Morgan fingerprint density at radius 2 is 2.12 bits per heavy atom. The maximum atomic E-state index is 5.82. The summed E-state index contributed by atoms with van der Waals surface area (Å²) < 4.78 is 5.82. The van der Waals surface area contributed by atoms with E-state index in [9.17, 15) is 0 Å². The number of benzene rings is 1. The van der Waals surface area contributed by atoms with Gasteiger partial charge in [0.1, 0.15) is 5.75 Å². The zero-order chi connectivity index (χ0) is 11.7. The highest BCUT2D eigenvalue weighted by molar-refractivity contribution is 5.49. The van der Waals surface area contributed by atoms with Crippen LogP contribution in [-0.4, -0.2) is 31.1 Å². The predicted octanol–water partition coefficient (Wildman–Crippen LogP) is 1.92. The van der Waals surface area contributed by atoms with Crippen molar-refractivity contribution in [2.45, 2.75) is 19.3 Å². The van der Waals surface area contributed by atoms with Crippen LogP contribution in [0.15, 0.2) is 18.2 Å². The van der Waals surface area contributed by atoms with Crippen molar-refractivity contribution in [2.24, 2.45) is 5.92 Å². The Bertz CT molecular complexity index is 399. The second-order valence-electron chi connectivity index (χ2n) is 5.26. The molecule has 1 saturated heterocycles. The Hall–Kier alpha value is -1.22. The third-order valence-corrected chi connectivity index (χ3v) is 3.79. The van der Waals surface area contributed by atoms with Gasteiger partial charge in [0, 0.05) is 24.2 Å². The van der Waals surface area contributed by atoms with Crippen LogP contribution < -0.4 is 10.5 Å². The minimum atomic E-state index is 0.643. The van der Waals surface area contributed by atoms with Gasteiger partial charge in [-0.05, 0) is 44.0 Å². The topological polar surface area (TPSA) is 38.5 Å². The third-order valence-electron chi connectivity index (χ3n) is 3.79. The van der Waals surface area contributed by atoms with Gasteiger partial charge >= 0.3 is 0 Å². The number of nitrogens with two attached hydrogens (primary N) is 1. The molecular weight excluding hydrogens is 212 g/mol. The number of fused-ring (bicyclic) bond motifs is 1. The van der Waals surface area contributed by atoms with E-state index in [2.05, 4.69) is 11.0 Å². The quantitative estimate of drug-likeness (QED) is 0.792. The van der Waals surface area contributed by atoms with Gasteiger partial charge in [0.15, 0.2) is 0 Å². The summed E-state index contributed by atoms with van der Waals surface area (Å²) in [6, 6.07) is 6.03. The van der Waals surface area contributed by atoms with Gasteiger partial charge in [0.2, 0.25) is 0 Å². The van der Waals surface area contributed by atoms with Gasteiger partial charge in [-0.1, -0.05) is 6.07 Å². The molecule has 1 aromatic rings. The number of nitrogens with zero attached hydrogens (tertiary/aromatic N) is 1. The Labute approximate surface area is 103 Å². The molecule has 0 saturated carbocycles. The fourth-order valence-electron chi connectivity index (χ4n) is 2.90. The molecule has 2 heterocycles. The normalized spacial score (nSPS) is 24.4. The number of hydrogen-bond donors (Lipinski definition) is 1. The average Bonchev–Trinajstić information content (AvgIpc) is 2.82. The summed E-state index contributed by atoms with van der Waals surface area (Å²) >= 11 is 0. The van der Waals surface area contributed by atoms with E-state index in [4.69, 9.17) is 10.5 Å². The summed E-state index contributed by atoms with van der Waals surface area (Å²) in [6.07, 6.45) is 3.85. The lowest BCUT2D eigenvalue weighted by molar-refractivity contribution is 0.175. The summed E-state index contributed by atoms with van der Waals surface area (Å²) in [7, 11) is 0. The van der Waals surface area contributed by atoms with Crippen LogP contribution in [0.5, 0.6) is 5.75 Å². The Morgan fingerprint density at radius 1 is 1.29 bits per heavy atom. The molecular formula is C14H20N2O. The SMILES string of the molecule is Nc1ccc2c(c1)OCC(CN1CCCC1)C2. The molecule has 1 atom stereocenters. The maximum Gasteiger partial charge on any atom is 0.124 e. The first-order chi connectivity index (χ1) is 8.31. The van der Waals surface area contributed by atoms with Gasteiger partial charge in [-0.2, -0.15) is 0 Å². The molecule has 1 aromatic carbocycles. The van der Waals surface area contributed by atoms with Crippen molar-refractivity contribution in [1.82, 2.24) is 4.90 Å². The maximum absolute atomic E-state index is 5.82. The molecule has 17 heavy (non-hydrogen) atoms. The van der Waals surface area contributed by atoms with Crippen molar-refractivity contribution >= 4 is 5.69 Å². The van der Waals surface area contributed by atoms with Crippen LogP contribution in [-0.2, 0) is 6.42 Å². The lowest BCUT2D eigenvalue weighted by Gasteiger charge is -2.28. The van der Waals surface area contributed by atoms with Crippen molar-refractivity contribution in [3.05, 3.63) is 23.8 Å². The molecule has 3 rings (SSSR count). The van der Waals surface area contributed by atoms with Crippen LogP contribution in [0, 0.1) is 5.92 Å². The summed E-state index contributed by atoms with van der Waals surface area (Å²) in [5.41, 5.74) is 7.87. The Balaban J connectivity index is 1.65. The molecule has 3 nitrogen and oxygen atoms in total. The number of ether oxygens (including phenoxy) is 1. The van der Waals surface area contributed by atoms with Gasteiger partial charge in [-0.25, -0.2) is 0 Å². The van der Waals surface area contributed by atoms with E-state index in [0.717, 1.165) is 24.5 Å². The van der Waals surface area contributed by atoms with Crippen LogP contribution in [0.1, 0.15) is 18.4 Å². The van der Waals surface area contributed by atoms with E-state index in [-0.39, 0.29) is 0 Å². The number of anilines is 1. The van der Waals surface area contributed by atoms with Crippen LogP contribution >= 0.6 is 0 Å². The van der Waals surface area contributed by atoms with Crippen molar-refractivity contribution in [3.63, 3.8) is 0 Å². The van der Waals surface area contributed by atoms with Crippen LogP contribution in [0.3, 0.4) is 0 Å². The van der Waals surface area contributed by atoms with Crippen molar-refractivity contribution in [1.29, 1.82) is 0 Å². The fraction of sp³-hybridized carbons (Fsp3) is 0.571. The summed E-state index contributed by atoms with van der Waals surface area (Å²) in [5, 5.41) is 0. The standard InChI is InChI=1S/C14H20N2O/c15-13-4-3-12-7-11(10-17-14(12)8-13)9-16-5-1-2-6-16/h3-4,8,11H,1-2,5-7,9-10,15H2. The second-order valence-corrected chi connectivity index (χ2v) is 5.26. The number of rotatable bonds is 2. The van der Waals surface area contributed by atoms with Crippen LogP contribution in [0.2, 0.25) is 0 Å². The molecule has 2 aliphatic heterocycles. The summed E-state index contributed by atoms with van der Waals surface area (Å²) in [5.74, 6) is 1.63. The van der Waals surface area contributed by atoms with Crippen molar-refractivity contribution < 1.29 is 4.74 Å². The van der Waals surface area contributed by atoms with Gasteiger partial charge in [0.25, 0.3) is 0 Å². The van der Waals surface area contributed by atoms with Crippen molar-refractivity contribution in [2.75, 3.05) is 32.0 Å². The van der Waals surface area contributed by atoms with Gasteiger partial charge in [0.05, 0.1) is 6.61 Å². The second kappa shape index (κ2) is 4.57. The molecule has 0 bridgehead atoms. The monoisotopic (exact) mass is 232 g/mol. The first kappa shape index (κ1) is 10.9. The molecule has 0 aliphatic carbocycles. The molecule has 1 fully saturated rings. The first-order valence-corrected chi connectivity index (χ1v) is 6.55. The van der Waals surface area contributed by atoms with E-state index < -0.39 is 0 Å². The lowest BCUT2D eigenvalue weighted by atomic mass is 9.96. The highest BCUT2D eigenvalue weighted by atomic mass is 16.5. The molecule has 1 unspecified atom stereocenters. The molecule has 0 radical (unpaired) electrons. The Kier molecular flexibility index (Phi) is 2.93. The smallest absolute Gasteiger partial charge is 0.124 e. The largest absolute Gasteiger partial charge is 0.493 e. The minimum absolute atomic E-state index is 0.643. The van der Waals surface area contributed by atoms with E-state index in [1.807, 2.05) is 12.1 Å². The van der Waals surface area contributed by atoms with E-state index in [0.29, 0.717) is 5.92 Å². The predicted molar refractivity (Wildman–Crippen MR) is 69.2 cm³/mol. The highest BCUT2D eigenvalue weighted by Gasteiger charge is 2.23. The molecule has 0 spiro atoms. The zero-order valence-electron chi connectivity index (χ0n) is 10.2.